The van der Waals surface area contributed by atoms with Crippen LogP contribution in [0.4, 0.5) is 16.2 Å². The van der Waals surface area contributed by atoms with Crippen LogP contribution in [0.2, 0.25) is 0 Å². The first kappa shape index (κ1) is 21.0. The van der Waals surface area contributed by atoms with Crippen molar-refractivity contribution < 1.29 is 14.6 Å². The summed E-state index contributed by atoms with van der Waals surface area (Å²) in [5.41, 5.74) is 4.79. The van der Waals surface area contributed by atoms with Crippen LogP contribution in [0, 0.1) is 12.8 Å². The lowest BCUT2D eigenvalue weighted by atomic mass is 9.82. The monoisotopic (exact) mass is 433 g/mol. The zero-order valence-corrected chi connectivity index (χ0v) is 18.7. The van der Waals surface area contributed by atoms with E-state index in [9.17, 15) is 9.90 Å². The third kappa shape index (κ3) is 3.99. The third-order valence-electron chi connectivity index (χ3n) is 6.91. The van der Waals surface area contributed by atoms with E-state index < -0.39 is 0 Å². The number of hydrazone groups is 1. The molecule has 2 amide bonds. The number of carbonyl (C=O) groups is 1. The van der Waals surface area contributed by atoms with E-state index in [2.05, 4.69) is 25.1 Å². The Morgan fingerprint density at radius 3 is 2.41 bits per heavy atom. The zero-order valence-electron chi connectivity index (χ0n) is 18.7. The molecule has 5 rings (SSSR count). The predicted octanol–water partition coefficient (Wildman–Crippen LogP) is 5.74. The number of rotatable bonds is 3. The van der Waals surface area contributed by atoms with Gasteiger partial charge in [0, 0.05) is 24.7 Å². The fourth-order valence-corrected chi connectivity index (χ4v) is 5.16. The summed E-state index contributed by atoms with van der Waals surface area (Å²) in [6, 6.07) is 13.1. The highest BCUT2D eigenvalue weighted by atomic mass is 16.5. The molecule has 0 radical (unpaired) electrons. The molecule has 2 aromatic carbocycles. The summed E-state index contributed by atoms with van der Waals surface area (Å²) < 4.78 is 5.57. The van der Waals surface area contributed by atoms with Gasteiger partial charge in [-0.3, -0.25) is 4.90 Å². The van der Waals surface area contributed by atoms with Crippen LogP contribution in [-0.4, -0.2) is 41.1 Å². The fourth-order valence-electron chi connectivity index (χ4n) is 5.16. The molecule has 6 nitrogen and oxygen atoms in total. The van der Waals surface area contributed by atoms with Crippen molar-refractivity contribution in [2.24, 2.45) is 11.0 Å². The SMILES string of the molecule is Cc1ccc2c(c1)N(c1ccc(O)cc1)C(=O)N(C1CCOCC1)N=C2C1CCCCC1. The Kier molecular flexibility index (Phi) is 5.87. The number of ether oxygens (including phenoxy) is 1. The molecule has 0 spiro atoms. The van der Waals surface area contributed by atoms with E-state index in [4.69, 9.17) is 9.84 Å². The van der Waals surface area contributed by atoms with Crippen LogP contribution in [0.5, 0.6) is 5.75 Å². The van der Waals surface area contributed by atoms with Gasteiger partial charge in [0.1, 0.15) is 5.75 Å². The summed E-state index contributed by atoms with van der Waals surface area (Å²) in [6.07, 6.45) is 7.47. The lowest BCUT2D eigenvalue weighted by Crippen LogP contribution is -2.45. The molecule has 2 aromatic rings. The average molecular weight is 434 g/mol. The first-order chi connectivity index (χ1) is 15.6. The number of urea groups is 1. The van der Waals surface area contributed by atoms with Crippen LogP contribution in [0.3, 0.4) is 0 Å². The van der Waals surface area contributed by atoms with Crippen LogP contribution in [0.25, 0.3) is 0 Å². The predicted molar refractivity (Wildman–Crippen MR) is 126 cm³/mol. The normalized spacial score (nSPS) is 20.7. The maximum Gasteiger partial charge on any atom is 0.349 e. The van der Waals surface area contributed by atoms with Crippen molar-refractivity contribution >= 4 is 23.1 Å². The molecule has 0 aromatic heterocycles. The van der Waals surface area contributed by atoms with E-state index >= 15 is 0 Å². The molecule has 1 saturated carbocycles. The molecule has 3 aliphatic rings. The van der Waals surface area contributed by atoms with Crippen molar-refractivity contribution in [2.45, 2.75) is 57.9 Å². The molecule has 6 heteroatoms. The second kappa shape index (κ2) is 8.94. The summed E-state index contributed by atoms with van der Waals surface area (Å²) in [6.45, 7) is 3.35. The highest BCUT2D eigenvalue weighted by Gasteiger charge is 2.37. The molecule has 1 N–H and O–H groups in total. The minimum absolute atomic E-state index is 0.0184. The van der Waals surface area contributed by atoms with Gasteiger partial charge in [-0.05, 0) is 68.5 Å². The highest BCUT2D eigenvalue weighted by molar-refractivity contribution is 6.14. The van der Waals surface area contributed by atoms with Crippen LogP contribution >= 0.6 is 0 Å². The Morgan fingerprint density at radius 2 is 1.69 bits per heavy atom. The number of aryl methyl sites for hydroxylation is 1. The summed E-state index contributed by atoms with van der Waals surface area (Å²) in [5.74, 6) is 0.543. The van der Waals surface area contributed by atoms with Crippen molar-refractivity contribution in [2.75, 3.05) is 18.1 Å². The lowest BCUT2D eigenvalue weighted by Gasteiger charge is -2.33. The number of amides is 2. The Labute approximate surface area is 189 Å². The van der Waals surface area contributed by atoms with Crippen LogP contribution < -0.4 is 4.90 Å². The standard InChI is InChI=1S/C26H31N3O3/c1-18-7-12-23-24(17-18)28(20-8-10-22(30)11-9-20)26(31)29(21-13-15-32-16-14-21)27-25(23)19-5-3-2-4-6-19/h7-12,17,19,21,30H,2-6,13-16H2,1H3. The van der Waals surface area contributed by atoms with Gasteiger partial charge in [-0.25, -0.2) is 9.80 Å². The Bertz CT molecular complexity index is 1010. The minimum Gasteiger partial charge on any atom is -0.508 e. The van der Waals surface area contributed by atoms with Crippen LogP contribution in [0.1, 0.15) is 56.1 Å². The van der Waals surface area contributed by atoms with E-state index in [0.717, 1.165) is 53.9 Å². The molecular formula is C26H31N3O3. The third-order valence-corrected chi connectivity index (χ3v) is 6.91. The van der Waals surface area contributed by atoms with Crippen molar-refractivity contribution in [3.63, 3.8) is 0 Å². The van der Waals surface area contributed by atoms with Gasteiger partial charge in [0.2, 0.25) is 0 Å². The number of phenols is 1. The smallest absolute Gasteiger partial charge is 0.349 e. The molecule has 1 aliphatic carbocycles. The number of phenolic OH excluding ortho intramolecular Hbond substituents is 1. The topological polar surface area (TPSA) is 65.4 Å². The van der Waals surface area contributed by atoms with E-state index in [1.165, 1.54) is 19.3 Å². The van der Waals surface area contributed by atoms with Gasteiger partial charge in [0.05, 0.1) is 23.1 Å². The zero-order chi connectivity index (χ0) is 22.1. The molecule has 32 heavy (non-hydrogen) atoms. The van der Waals surface area contributed by atoms with Crippen molar-refractivity contribution in [1.29, 1.82) is 0 Å². The number of benzene rings is 2. The number of nitrogens with zero attached hydrogens (tertiary/aromatic N) is 3. The van der Waals surface area contributed by atoms with Crippen LogP contribution in [-0.2, 0) is 4.74 Å². The maximum absolute atomic E-state index is 14.1. The van der Waals surface area contributed by atoms with Crippen molar-refractivity contribution in [3.8, 4) is 5.75 Å². The number of hydrogen-bond donors (Lipinski definition) is 1. The average Bonchev–Trinajstić information content (AvgIpc) is 2.95. The summed E-state index contributed by atoms with van der Waals surface area (Å²) in [4.78, 5) is 15.8. The van der Waals surface area contributed by atoms with Gasteiger partial charge in [0.15, 0.2) is 0 Å². The minimum atomic E-state index is -0.139. The molecule has 168 valence electrons. The van der Waals surface area contributed by atoms with Gasteiger partial charge >= 0.3 is 6.03 Å². The van der Waals surface area contributed by atoms with Crippen LogP contribution in [0.15, 0.2) is 47.6 Å². The molecular weight excluding hydrogens is 402 g/mol. The first-order valence-electron chi connectivity index (χ1n) is 11.8. The van der Waals surface area contributed by atoms with Gasteiger partial charge in [-0.15, -0.1) is 0 Å². The summed E-state index contributed by atoms with van der Waals surface area (Å²) >= 11 is 0. The Morgan fingerprint density at radius 1 is 0.969 bits per heavy atom. The number of anilines is 2. The molecule has 0 unspecified atom stereocenters. The van der Waals surface area contributed by atoms with E-state index in [-0.39, 0.29) is 17.8 Å². The molecule has 2 aliphatic heterocycles. The van der Waals surface area contributed by atoms with Gasteiger partial charge in [-0.2, -0.15) is 5.10 Å². The highest BCUT2D eigenvalue weighted by Crippen LogP contribution is 2.39. The van der Waals surface area contributed by atoms with Crippen molar-refractivity contribution in [1.82, 2.24) is 5.01 Å². The number of aromatic hydroxyl groups is 1. The van der Waals surface area contributed by atoms with Crippen molar-refractivity contribution in [3.05, 3.63) is 53.6 Å². The van der Waals surface area contributed by atoms with Gasteiger partial charge in [0.25, 0.3) is 0 Å². The quantitative estimate of drug-likeness (QED) is 0.671. The number of fused-ring (bicyclic) bond motifs is 1. The molecule has 2 heterocycles. The Hall–Kier alpha value is -2.86. The van der Waals surface area contributed by atoms with E-state index in [0.29, 0.717) is 19.1 Å². The largest absolute Gasteiger partial charge is 0.508 e. The second-order valence-electron chi connectivity index (χ2n) is 9.16. The molecule has 0 bridgehead atoms. The fraction of sp³-hybridized carbons (Fsp3) is 0.462. The summed E-state index contributed by atoms with van der Waals surface area (Å²) in [7, 11) is 0. The van der Waals surface area contributed by atoms with E-state index in [1.807, 2.05) is 0 Å². The maximum atomic E-state index is 14.1. The Balaban J connectivity index is 1.68. The van der Waals surface area contributed by atoms with Gasteiger partial charge in [-0.1, -0.05) is 31.4 Å². The summed E-state index contributed by atoms with van der Waals surface area (Å²) in [5, 5.41) is 16.7. The number of carbonyl (C=O) groups excluding carboxylic acids is 1. The lowest BCUT2D eigenvalue weighted by molar-refractivity contribution is 0.0480. The van der Waals surface area contributed by atoms with E-state index in [1.54, 1.807) is 34.2 Å². The molecule has 0 atom stereocenters. The molecule has 2 fully saturated rings. The second-order valence-corrected chi connectivity index (χ2v) is 9.16. The molecule has 1 saturated heterocycles. The first-order valence-corrected chi connectivity index (χ1v) is 11.8. The number of hydrogen-bond acceptors (Lipinski definition) is 4. The van der Waals surface area contributed by atoms with Gasteiger partial charge < -0.3 is 9.84 Å².